The van der Waals surface area contributed by atoms with E-state index in [2.05, 4.69) is 55.0 Å². The van der Waals surface area contributed by atoms with Crippen molar-refractivity contribution in [2.45, 2.75) is 125 Å². The summed E-state index contributed by atoms with van der Waals surface area (Å²) in [6, 6.07) is 7.79. The van der Waals surface area contributed by atoms with Gasteiger partial charge in [0.05, 0.1) is 13.5 Å². The molecule has 232 valence electrons. The first-order chi connectivity index (χ1) is 19.7. The van der Waals surface area contributed by atoms with Crippen LogP contribution in [0.3, 0.4) is 0 Å². The highest BCUT2D eigenvalue weighted by Gasteiger charge is 2.70. The molecule has 0 aliphatic heterocycles. The molecule has 10 atom stereocenters. The number of benzene rings is 1. The lowest BCUT2D eigenvalue weighted by molar-refractivity contribution is -0.249. The van der Waals surface area contributed by atoms with E-state index in [-0.39, 0.29) is 17.5 Å². The number of carbonyl (C=O) groups excluding carboxylic acids is 1. The normalized spacial score (nSPS) is 45.5. The molecule has 42 heavy (non-hydrogen) atoms. The molecule has 0 aromatic heterocycles. The lowest BCUT2D eigenvalue weighted by Crippen LogP contribution is -2.66. The van der Waals surface area contributed by atoms with Gasteiger partial charge in [-0.25, -0.2) is 0 Å². The number of hydrogen-bond acceptors (Lipinski definition) is 3. The first-order valence-electron chi connectivity index (χ1n) is 17.2. The second kappa shape index (κ2) is 10.1. The summed E-state index contributed by atoms with van der Waals surface area (Å²) in [7, 11) is 1.67. The number of esters is 1. The molecule has 1 aromatic rings. The smallest absolute Gasteiger partial charge is 0.310 e. The fraction of sp³-hybridized carbons (Fsp3) is 0.769. The molecule has 5 aliphatic carbocycles. The second-order valence-electron chi connectivity index (χ2n) is 17.2. The molecule has 0 unspecified atom stereocenters. The lowest BCUT2D eigenvalue weighted by atomic mass is 9.32. The van der Waals surface area contributed by atoms with E-state index in [1.54, 1.807) is 7.11 Å². The number of hydrogen-bond donors (Lipinski definition) is 0. The van der Waals surface area contributed by atoms with Crippen molar-refractivity contribution >= 4 is 5.97 Å². The predicted molar refractivity (Wildman–Crippen MR) is 171 cm³/mol. The summed E-state index contributed by atoms with van der Waals surface area (Å²) in [4.78, 5) is 13.2. The Bertz CT molecular complexity index is 1210. The third-order valence-electron chi connectivity index (χ3n) is 15.2. The van der Waals surface area contributed by atoms with Gasteiger partial charge >= 0.3 is 5.97 Å². The SMILES string of the molecule is C=C(C)[C@@H]1CC[C@]2(C)CC[C@]3(C)[C@H](CC[C@@H]4[C@@]5(C)CC[C@H](OC(=O)Cc6ccc(OC)cc6)C(C)(C)[C@@H]5CC[C@]43C)[C@@H]12. The molecule has 0 radical (unpaired) electrons. The molecule has 3 heteroatoms. The minimum absolute atomic E-state index is 0.0113. The van der Waals surface area contributed by atoms with Crippen LogP contribution in [0.2, 0.25) is 0 Å². The van der Waals surface area contributed by atoms with Crippen molar-refractivity contribution in [2.24, 2.45) is 56.7 Å². The lowest BCUT2D eigenvalue weighted by Gasteiger charge is -2.73. The molecule has 5 aliphatic rings. The van der Waals surface area contributed by atoms with Gasteiger partial charge in [0.2, 0.25) is 0 Å². The van der Waals surface area contributed by atoms with Crippen molar-refractivity contribution in [3.8, 4) is 5.75 Å². The number of methoxy groups -OCH3 is 1. The summed E-state index contributed by atoms with van der Waals surface area (Å²) in [5.41, 5.74) is 3.98. The standard InChI is InChI=1S/C39H58O3/c1-25(2)28-16-19-36(5)22-23-38(7)29(34(28)36)14-15-31-37(6)20-18-32(35(3,4)30(37)17-21-39(31,38)8)42-33(40)24-26-10-12-27(41-9)13-11-26/h10-13,28-32,34H,1,14-24H2,2-9H3/t28-,29+,30-,31+,32-,34+,36+,37-,38+,39+/m0/s1. The Morgan fingerprint density at radius 3 is 2.21 bits per heavy atom. The Kier molecular flexibility index (Phi) is 7.30. The summed E-state index contributed by atoms with van der Waals surface area (Å²) in [6.45, 7) is 22.4. The Balaban J connectivity index is 1.22. The maximum absolute atomic E-state index is 13.2. The van der Waals surface area contributed by atoms with Crippen LogP contribution >= 0.6 is 0 Å². The van der Waals surface area contributed by atoms with Crippen LogP contribution in [-0.2, 0) is 16.0 Å². The van der Waals surface area contributed by atoms with E-state index in [1.165, 1.54) is 63.4 Å². The van der Waals surface area contributed by atoms with Gasteiger partial charge in [0, 0.05) is 5.41 Å². The molecule has 6 rings (SSSR count). The van der Waals surface area contributed by atoms with Gasteiger partial charge in [-0.1, -0.05) is 65.8 Å². The molecule has 3 nitrogen and oxygen atoms in total. The van der Waals surface area contributed by atoms with Crippen molar-refractivity contribution in [2.75, 3.05) is 7.11 Å². The van der Waals surface area contributed by atoms with Gasteiger partial charge in [0.1, 0.15) is 11.9 Å². The number of allylic oxidation sites excluding steroid dienone is 1. The van der Waals surface area contributed by atoms with E-state index in [9.17, 15) is 4.79 Å². The van der Waals surface area contributed by atoms with Crippen LogP contribution in [0.25, 0.3) is 0 Å². The van der Waals surface area contributed by atoms with Crippen LogP contribution in [-0.4, -0.2) is 19.2 Å². The van der Waals surface area contributed by atoms with E-state index < -0.39 is 0 Å². The quantitative estimate of drug-likeness (QED) is 0.259. The van der Waals surface area contributed by atoms with E-state index in [0.717, 1.165) is 35.5 Å². The summed E-state index contributed by atoms with van der Waals surface area (Å²) < 4.78 is 11.6. The Hall–Kier alpha value is -1.77. The van der Waals surface area contributed by atoms with Gasteiger partial charge in [-0.05, 0) is 140 Å². The summed E-state index contributed by atoms with van der Waals surface area (Å²) in [5.74, 6) is 4.40. The third kappa shape index (κ3) is 4.28. The minimum Gasteiger partial charge on any atom is -0.497 e. The average Bonchev–Trinajstić information content (AvgIpc) is 3.29. The first kappa shape index (κ1) is 30.3. The fourth-order valence-corrected chi connectivity index (χ4v) is 12.8. The maximum Gasteiger partial charge on any atom is 0.310 e. The van der Waals surface area contributed by atoms with Gasteiger partial charge in [0.25, 0.3) is 0 Å². The highest BCUT2D eigenvalue weighted by molar-refractivity contribution is 5.73. The second-order valence-corrected chi connectivity index (χ2v) is 17.2. The van der Waals surface area contributed by atoms with Crippen LogP contribution < -0.4 is 4.74 Å². The van der Waals surface area contributed by atoms with E-state index in [4.69, 9.17) is 9.47 Å². The number of ether oxygens (including phenoxy) is 2. The maximum atomic E-state index is 13.2. The fourth-order valence-electron chi connectivity index (χ4n) is 12.8. The van der Waals surface area contributed by atoms with Gasteiger partial charge in [-0.15, -0.1) is 0 Å². The molecule has 0 heterocycles. The van der Waals surface area contributed by atoms with Crippen molar-refractivity contribution in [3.05, 3.63) is 42.0 Å². The van der Waals surface area contributed by atoms with Crippen molar-refractivity contribution in [1.82, 2.24) is 0 Å². The minimum atomic E-state index is -0.0932. The predicted octanol–water partition coefficient (Wildman–Crippen LogP) is 9.83. The molecule has 0 amide bonds. The van der Waals surface area contributed by atoms with E-state index in [1.807, 2.05) is 24.3 Å². The molecule has 5 saturated carbocycles. The van der Waals surface area contributed by atoms with Crippen LogP contribution in [0, 0.1) is 56.7 Å². The van der Waals surface area contributed by atoms with Crippen LogP contribution in [0.4, 0.5) is 0 Å². The largest absolute Gasteiger partial charge is 0.497 e. The molecule has 0 spiro atoms. The monoisotopic (exact) mass is 574 g/mol. The van der Waals surface area contributed by atoms with E-state index >= 15 is 0 Å². The summed E-state index contributed by atoms with van der Waals surface area (Å²) >= 11 is 0. The van der Waals surface area contributed by atoms with Crippen molar-refractivity contribution < 1.29 is 14.3 Å². The highest BCUT2D eigenvalue weighted by Crippen LogP contribution is 2.77. The zero-order valence-electron chi connectivity index (χ0n) is 28.0. The first-order valence-corrected chi connectivity index (χ1v) is 17.2. The van der Waals surface area contributed by atoms with Gasteiger partial charge < -0.3 is 9.47 Å². The zero-order chi connectivity index (χ0) is 30.3. The third-order valence-corrected chi connectivity index (χ3v) is 15.2. The zero-order valence-corrected chi connectivity index (χ0v) is 28.0. The summed E-state index contributed by atoms with van der Waals surface area (Å²) in [6.07, 6.45) is 13.4. The Labute approximate surface area is 256 Å². The number of fused-ring (bicyclic) bond motifs is 7. The van der Waals surface area contributed by atoms with Gasteiger partial charge in [-0.2, -0.15) is 0 Å². The Morgan fingerprint density at radius 1 is 0.833 bits per heavy atom. The molecule has 0 bridgehead atoms. The molecule has 0 saturated heterocycles. The number of carbonyl (C=O) groups is 1. The van der Waals surface area contributed by atoms with Gasteiger partial charge in [-0.3, -0.25) is 4.79 Å². The molecular weight excluding hydrogens is 516 g/mol. The van der Waals surface area contributed by atoms with Crippen LogP contribution in [0.5, 0.6) is 5.75 Å². The molecule has 5 fully saturated rings. The Morgan fingerprint density at radius 2 is 1.55 bits per heavy atom. The molecule has 0 N–H and O–H groups in total. The number of rotatable bonds is 5. The van der Waals surface area contributed by atoms with Crippen LogP contribution in [0.1, 0.15) is 118 Å². The van der Waals surface area contributed by atoms with Crippen molar-refractivity contribution in [3.63, 3.8) is 0 Å². The highest BCUT2D eigenvalue weighted by atomic mass is 16.5. The molecule has 1 aromatic carbocycles. The average molecular weight is 575 g/mol. The van der Waals surface area contributed by atoms with E-state index in [0.29, 0.717) is 39.9 Å². The van der Waals surface area contributed by atoms with Gasteiger partial charge in [0.15, 0.2) is 0 Å². The molecular formula is C39H58O3. The van der Waals surface area contributed by atoms with Crippen LogP contribution in [0.15, 0.2) is 36.4 Å². The summed E-state index contributed by atoms with van der Waals surface area (Å²) in [5, 5.41) is 0. The topological polar surface area (TPSA) is 35.5 Å². The van der Waals surface area contributed by atoms with Crippen molar-refractivity contribution in [1.29, 1.82) is 0 Å².